The summed E-state index contributed by atoms with van der Waals surface area (Å²) in [7, 11) is 3.96. The van der Waals surface area contributed by atoms with Crippen LogP contribution >= 0.6 is 11.6 Å². The van der Waals surface area contributed by atoms with Crippen molar-refractivity contribution >= 4 is 23.3 Å². The Bertz CT molecular complexity index is 831. The summed E-state index contributed by atoms with van der Waals surface area (Å²) >= 11 is 6.21. The zero-order valence-corrected chi connectivity index (χ0v) is 16.1. The second-order valence-electron chi connectivity index (χ2n) is 6.91. The zero-order valence-electron chi connectivity index (χ0n) is 15.3. The molecule has 1 fully saturated rings. The topological polar surface area (TPSA) is 26.8 Å². The highest BCUT2D eigenvalue weighted by atomic mass is 35.5. The molecule has 1 aliphatic rings. The molecular weight excluding hydrogens is 372 g/mol. The van der Waals surface area contributed by atoms with E-state index in [0.29, 0.717) is 24.3 Å². The first kappa shape index (κ1) is 19.6. The lowest BCUT2D eigenvalue weighted by molar-refractivity contribution is 0.209. The number of nitrogens with zero attached hydrogens (tertiary/aromatic N) is 3. The van der Waals surface area contributed by atoms with Crippen LogP contribution in [0.3, 0.4) is 0 Å². The van der Waals surface area contributed by atoms with Crippen LogP contribution in [0.4, 0.5) is 19.3 Å². The molecule has 0 radical (unpaired) electrons. The van der Waals surface area contributed by atoms with Crippen molar-refractivity contribution in [3.63, 3.8) is 0 Å². The summed E-state index contributed by atoms with van der Waals surface area (Å²) in [5.41, 5.74) is 0.731. The first-order valence-corrected chi connectivity index (χ1v) is 9.16. The van der Waals surface area contributed by atoms with Crippen molar-refractivity contribution in [3.8, 4) is 0 Å². The van der Waals surface area contributed by atoms with Crippen molar-refractivity contribution < 1.29 is 13.6 Å². The average molecular weight is 394 g/mol. The Morgan fingerprint density at radius 2 is 1.96 bits per heavy atom. The first-order valence-electron chi connectivity index (χ1n) is 8.78. The Balaban J connectivity index is 1.92. The van der Waals surface area contributed by atoms with Crippen molar-refractivity contribution in [1.82, 2.24) is 9.80 Å². The molecule has 0 bridgehead atoms. The van der Waals surface area contributed by atoms with Crippen LogP contribution in [0, 0.1) is 11.6 Å². The molecule has 2 aromatic carbocycles. The molecule has 27 heavy (non-hydrogen) atoms. The van der Waals surface area contributed by atoms with Gasteiger partial charge in [-0.05, 0) is 44.8 Å². The first-order chi connectivity index (χ1) is 12.9. The highest BCUT2D eigenvalue weighted by molar-refractivity contribution is 6.33. The SMILES string of the molecule is CN(C)[C@@H]1CCN(C(=O)N(Cc2ccccc2F)c2ccc(F)cc2Cl)C1. The van der Waals surface area contributed by atoms with Gasteiger partial charge in [0.2, 0.25) is 0 Å². The molecule has 3 rings (SSSR count). The summed E-state index contributed by atoms with van der Waals surface area (Å²) in [4.78, 5) is 18.5. The minimum absolute atomic E-state index is 0.0139. The van der Waals surface area contributed by atoms with Crippen LogP contribution in [0.2, 0.25) is 5.02 Å². The molecule has 0 spiro atoms. The molecule has 4 nitrogen and oxygen atoms in total. The number of amides is 2. The largest absolute Gasteiger partial charge is 0.324 e. The second kappa shape index (κ2) is 8.23. The highest BCUT2D eigenvalue weighted by Gasteiger charge is 2.32. The lowest BCUT2D eigenvalue weighted by Gasteiger charge is -2.29. The molecule has 2 amide bonds. The fraction of sp³-hybridized carbons (Fsp3) is 0.350. The van der Waals surface area contributed by atoms with Gasteiger partial charge in [0.1, 0.15) is 11.6 Å². The number of carbonyl (C=O) groups excluding carboxylic acids is 1. The van der Waals surface area contributed by atoms with E-state index in [-0.39, 0.29) is 23.6 Å². The van der Waals surface area contributed by atoms with E-state index in [1.807, 2.05) is 14.1 Å². The number of rotatable bonds is 4. The molecule has 1 saturated heterocycles. The van der Waals surface area contributed by atoms with Crippen LogP contribution in [0.5, 0.6) is 0 Å². The second-order valence-corrected chi connectivity index (χ2v) is 7.32. The standard InChI is InChI=1S/C20H22ClF2N3O/c1-24(2)16-9-10-25(13-16)20(27)26(12-14-5-3-4-6-18(14)23)19-8-7-15(22)11-17(19)21/h3-8,11,16H,9-10,12-13H2,1-2H3/t16-/m1/s1. The van der Waals surface area contributed by atoms with E-state index in [1.165, 1.54) is 23.1 Å². The summed E-state index contributed by atoms with van der Waals surface area (Å²) in [6.45, 7) is 1.20. The van der Waals surface area contributed by atoms with Crippen molar-refractivity contribution in [2.75, 3.05) is 32.1 Å². The fourth-order valence-electron chi connectivity index (χ4n) is 3.26. The van der Waals surface area contributed by atoms with Gasteiger partial charge in [-0.2, -0.15) is 0 Å². The summed E-state index contributed by atoms with van der Waals surface area (Å²) in [5, 5.41) is 0.114. The quantitative estimate of drug-likeness (QED) is 0.770. The van der Waals surface area contributed by atoms with Crippen LogP contribution < -0.4 is 4.90 Å². The van der Waals surface area contributed by atoms with E-state index in [1.54, 1.807) is 23.1 Å². The van der Waals surface area contributed by atoms with Crippen LogP contribution in [-0.2, 0) is 6.54 Å². The summed E-state index contributed by atoms with van der Waals surface area (Å²) in [6, 6.07) is 10.1. The van der Waals surface area contributed by atoms with E-state index in [0.717, 1.165) is 12.5 Å². The predicted octanol–water partition coefficient (Wildman–Crippen LogP) is 4.38. The Morgan fingerprint density at radius 1 is 1.22 bits per heavy atom. The minimum atomic E-state index is -0.490. The third-order valence-electron chi connectivity index (χ3n) is 4.88. The number of urea groups is 1. The zero-order chi connectivity index (χ0) is 19.6. The maximum Gasteiger partial charge on any atom is 0.324 e. The van der Waals surface area contributed by atoms with Gasteiger partial charge >= 0.3 is 6.03 Å². The Labute approximate surface area is 162 Å². The Hall–Kier alpha value is -2.18. The van der Waals surface area contributed by atoms with Gasteiger partial charge in [-0.3, -0.25) is 4.90 Å². The van der Waals surface area contributed by atoms with Crippen molar-refractivity contribution in [2.24, 2.45) is 0 Å². The average Bonchev–Trinajstić information content (AvgIpc) is 3.12. The number of likely N-dealkylation sites (tertiary alicyclic amines) is 1. The number of hydrogen-bond acceptors (Lipinski definition) is 2. The van der Waals surface area contributed by atoms with Gasteiger partial charge in [0.05, 0.1) is 17.3 Å². The maximum absolute atomic E-state index is 14.2. The summed E-state index contributed by atoms with van der Waals surface area (Å²) in [6.07, 6.45) is 0.865. The normalized spacial score (nSPS) is 16.8. The molecule has 1 atom stereocenters. The molecule has 1 heterocycles. The molecule has 0 aromatic heterocycles. The number of benzene rings is 2. The van der Waals surface area contributed by atoms with E-state index < -0.39 is 11.6 Å². The Kier molecular flexibility index (Phi) is 5.97. The van der Waals surface area contributed by atoms with Crippen LogP contribution in [-0.4, -0.2) is 49.1 Å². The monoisotopic (exact) mass is 393 g/mol. The summed E-state index contributed by atoms with van der Waals surface area (Å²) in [5.74, 6) is -0.892. The number of halogens is 3. The molecule has 0 unspecified atom stereocenters. The minimum Gasteiger partial charge on any atom is -0.323 e. The molecule has 0 saturated carbocycles. The number of anilines is 1. The third kappa shape index (κ3) is 4.39. The van der Waals surface area contributed by atoms with Crippen LogP contribution in [0.15, 0.2) is 42.5 Å². The van der Waals surface area contributed by atoms with Gasteiger partial charge in [0.15, 0.2) is 0 Å². The predicted molar refractivity (Wildman–Crippen MR) is 103 cm³/mol. The molecule has 1 aliphatic heterocycles. The molecule has 144 valence electrons. The number of likely N-dealkylation sites (N-methyl/N-ethyl adjacent to an activating group) is 1. The number of hydrogen-bond donors (Lipinski definition) is 0. The molecule has 2 aromatic rings. The molecule has 7 heteroatoms. The summed E-state index contributed by atoms with van der Waals surface area (Å²) < 4.78 is 27.7. The molecular formula is C20H22ClF2N3O. The lowest BCUT2D eigenvalue weighted by Crippen LogP contribution is -2.43. The van der Waals surface area contributed by atoms with Gasteiger partial charge in [0, 0.05) is 24.7 Å². The van der Waals surface area contributed by atoms with Crippen LogP contribution in [0.25, 0.3) is 0 Å². The van der Waals surface area contributed by atoms with Crippen LogP contribution in [0.1, 0.15) is 12.0 Å². The fourth-order valence-corrected chi connectivity index (χ4v) is 3.53. The number of carbonyl (C=O) groups is 1. The van der Waals surface area contributed by atoms with Crippen molar-refractivity contribution in [1.29, 1.82) is 0 Å². The molecule has 0 N–H and O–H groups in total. The smallest absolute Gasteiger partial charge is 0.323 e. The van der Waals surface area contributed by atoms with E-state index in [4.69, 9.17) is 11.6 Å². The lowest BCUT2D eigenvalue weighted by atomic mass is 10.2. The maximum atomic E-state index is 14.2. The van der Waals surface area contributed by atoms with Gasteiger partial charge in [-0.15, -0.1) is 0 Å². The van der Waals surface area contributed by atoms with Crippen molar-refractivity contribution in [3.05, 3.63) is 64.7 Å². The van der Waals surface area contributed by atoms with Gasteiger partial charge in [-0.25, -0.2) is 13.6 Å². The van der Waals surface area contributed by atoms with E-state index in [2.05, 4.69) is 4.90 Å². The van der Waals surface area contributed by atoms with E-state index >= 15 is 0 Å². The highest BCUT2D eigenvalue weighted by Crippen LogP contribution is 2.30. The van der Waals surface area contributed by atoms with Gasteiger partial charge in [0.25, 0.3) is 0 Å². The van der Waals surface area contributed by atoms with Gasteiger partial charge < -0.3 is 9.80 Å². The van der Waals surface area contributed by atoms with Crippen molar-refractivity contribution in [2.45, 2.75) is 19.0 Å². The Morgan fingerprint density at radius 3 is 2.59 bits per heavy atom. The van der Waals surface area contributed by atoms with Gasteiger partial charge in [-0.1, -0.05) is 29.8 Å². The third-order valence-corrected chi connectivity index (χ3v) is 5.18. The molecule has 0 aliphatic carbocycles. The van der Waals surface area contributed by atoms with E-state index in [9.17, 15) is 13.6 Å².